The van der Waals surface area contributed by atoms with E-state index in [0.29, 0.717) is 19.5 Å². The highest BCUT2D eigenvalue weighted by molar-refractivity contribution is 6.34. The van der Waals surface area contributed by atoms with Gasteiger partial charge in [-0.2, -0.15) is 17.9 Å². The molecule has 3 aromatic rings. The van der Waals surface area contributed by atoms with Gasteiger partial charge in [0.05, 0.1) is 40.1 Å². The van der Waals surface area contributed by atoms with Gasteiger partial charge < -0.3 is 9.64 Å². The summed E-state index contributed by atoms with van der Waals surface area (Å²) < 4.78 is 61.3. The first-order valence-corrected chi connectivity index (χ1v) is 10.8. The topological polar surface area (TPSA) is 64.4 Å². The maximum Gasteiger partial charge on any atom is 0.417 e. The lowest BCUT2D eigenvalue weighted by Crippen LogP contribution is -2.42. The molecule has 2 atom stereocenters. The summed E-state index contributed by atoms with van der Waals surface area (Å²) >= 11 is 6.01. The number of anilines is 1. The van der Waals surface area contributed by atoms with Crippen LogP contribution in [0.3, 0.4) is 0 Å². The molecule has 0 radical (unpaired) electrons. The predicted octanol–water partition coefficient (Wildman–Crippen LogP) is 5.17. The van der Waals surface area contributed by atoms with E-state index in [0.717, 1.165) is 16.8 Å². The summed E-state index contributed by atoms with van der Waals surface area (Å²) in [7, 11) is 1.31. The molecule has 0 amide bonds. The fourth-order valence-electron chi connectivity index (χ4n) is 4.41. The highest BCUT2D eigenvalue weighted by Gasteiger charge is 2.38. The van der Waals surface area contributed by atoms with Crippen molar-refractivity contribution < 1.29 is 31.9 Å². The van der Waals surface area contributed by atoms with E-state index in [1.165, 1.54) is 31.4 Å². The van der Waals surface area contributed by atoms with Gasteiger partial charge in [0.15, 0.2) is 5.82 Å². The summed E-state index contributed by atoms with van der Waals surface area (Å²) in [5, 5.41) is 3.86. The van der Waals surface area contributed by atoms with E-state index in [2.05, 4.69) is 5.10 Å². The van der Waals surface area contributed by atoms with Gasteiger partial charge >= 0.3 is 12.1 Å². The van der Waals surface area contributed by atoms with Crippen LogP contribution in [0.4, 0.5) is 23.4 Å². The van der Waals surface area contributed by atoms with Crippen molar-refractivity contribution in [3.8, 4) is 0 Å². The first-order chi connectivity index (χ1) is 16.0. The number of nitrogens with zero attached hydrogens (tertiary/aromatic N) is 3. The Hall–Kier alpha value is -3.14. The van der Waals surface area contributed by atoms with Crippen LogP contribution in [0.5, 0.6) is 0 Å². The molecule has 180 valence electrons. The third-order valence-electron chi connectivity index (χ3n) is 6.07. The maximum atomic E-state index is 14.9. The molecule has 1 aliphatic heterocycles. The number of alkyl halides is 3. The van der Waals surface area contributed by atoms with Crippen molar-refractivity contribution in [2.24, 2.45) is 11.8 Å². The molecule has 0 unspecified atom stereocenters. The van der Waals surface area contributed by atoms with Crippen molar-refractivity contribution >= 4 is 40.2 Å². The van der Waals surface area contributed by atoms with E-state index in [1.807, 2.05) is 6.92 Å². The molecule has 1 aliphatic rings. The molecule has 2 heterocycles. The van der Waals surface area contributed by atoms with Gasteiger partial charge in [-0.1, -0.05) is 30.7 Å². The quantitative estimate of drug-likeness (QED) is 0.369. The molecule has 2 aromatic carbocycles. The van der Waals surface area contributed by atoms with E-state index < -0.39 is 34.1 Å². The molecule has 11 heteroatoms. The SMILES string of the molecule is COC(=O)[C@@H]1CCN(c2nn(C(=O)c3c(Cl)cccc3C(F)(F)F)c3cccc(F)c23)C[C@H]1C. The summed E-state index contributed by atoms with van der Waals surface area (Å²) in [5.74, 6) is -2.55. The molecule has 34 heavy (non-hydrogen) atoms. The van der Waals surface area contributed by atoms with Crippen molar-refractivity contribution in [2.45, 2.75) is 19.5 Å². The van der Waals surface area contributed by atoms with Crippen LogP contribution in [-0.2, 0) is 15.7 Å². The Kier molecular flexibility index (Phi) is 6.28. The minimum Gasteiger partial charge on any atom is -0.469 e. The first-order valence-electron chi connectivity index (χ1n) is 10.4. The van der Waals surface area contributed by atoms with Gasteiger partial charge in [-0.05, 0) is 36.6 Å². The first kappa shape index (κ1) is 24.0. The van der Waals surface area contributed by atoms with E-state index in [1.54, 1.807) is 4.90 Å². The maximum absolute atomic E-state index is 14.9. The van der Waals surface area contributed by atoms with Crippen molar-refractivity contribution in [3.63, 3.8) is 0 Å². The van der Waals surface area contributed by atoms with Crippen LogP contribution >= 0.6 is 11.6 Å². The van der Waals surface area contributed by atoms with Crippen LogP contribution < -0.4 is 4.90 Å². The van der Waals surface area contributed by atoms with E-state index >= 15 is 0 Å². The summed E-state index contributed by atoms with van der Waals surface area (Å²) in [6, 6.07) is 6.96. The highest BCUT2D eigenvalue weighted by Crippen LogP contribution is 2.38. The zero-order valence-electron chi connectivity index (χ0n) is 18.2. The third-order valence-corrected chi connectivity index (χ3v) is 6.39. The van der Waals surface area contributed by atoms with Crippen LogP contribution in [0, 0.1) is 17.7 Å². The van der Waals surface area contributed by atoms with Gasteiger partial charge in [-0.3, -0.25) is 9.59 Å². The highest BCUT2D eigenvalue weighted by atomic mass is 35.5. The molecule has 1 saturated heterocycles. The van der Waals surface area contributed by atoms with Crippen molar-refractivity contribution in [1.29, 1.82) is 0 Å². The van der Waals surface area contributed by atoms with Crippen molar-refractivity contribution in [1.82, 2.24) is 9.78 Å². The molecule has 0 aliphatic carbocycles. The fourth-order valence-corrected chi connectivity index (χ4v) is 4.66. The Morgan fingerprint density at radius 2 is 1.88 bits per heavy atom. The molecular formula is C23H20ClF4N3O3. The predicted molar refractivity (Wildman–Crippen MR) is 117 cm³/mol. The second-order valence-electron chi connectivity index (χ2n) is 8.18. The lowest BCUT2D eigenvalue weighted by atomic mass is 9.87. The number of ether oxygens (including phenoxy) is 1. The van der Waals surface area contributed by atoms with Crippen LogP contribution in [-0.4, -0.2) is 41.9 Å². The smallest absolute Gasteiger partial charge is 0.417 e. The monoisotopic (exact) mass is 497 g/mol. The lowest BCUT2D eigenvalue weighted by Gasteiger charge is -2.35. The molecule has 1 aromatic heterocycles. The number of aromatic nitrogens is 2. The van der Waals surface area contributed by atoms with Gasteiger partial charge in [-0.15, -0.1) is 5.10 Å². The molecule has 0 saturated carbocycles. The molecule has 0 bridgehead atoms. The van der Waals surface area contributed by atoms with Gasteiger partial charge in [0.25, 0.3) is 5.91 Å². The number of carbonyl (C=O) groups excluding carboxylic acids is 2. The van der Waals surface area contributed by atoms with E-state index in [9.17, 15) is 27.2 Å². The normalized spacial score (nSPS) is 18.9. The second kappa shape index (κ2) is 8.90. The standard InChI is InChI=1S/C23H20ClF4N3O3/c1-12-11-30(10-9-13(12)22(33)34-2)20-19-16(25)7-4-8-17(19)31(29-20)21(32)18-14(23(26,27)28)5-3-6-15(18)24/h3-8,12-13H,9-11H2,1-2H3/t12-,13-/m1/s1. The lowest BCUT2D eigenvalue weighted by molar-refractivity contribution is -0.147. The van der Waals surface area contributed by atoms with E-state index in [-0.39, 0.29) is 34.5 Å². The van der Waals surface area contributed by atoms with Crippen LogP contribution in [0.1, 0.15) is 29.3 Å². The third kappa shape index (κ3) is 4.11. The minimum atomic E-state index is -4.84. The number of hydrogen-bond acceptors (Lipinski definition) is 5. The summed E-state index contributed by atoms with van der Waals surface area (Å²) in [4.78, 5) is 27.0. The molecule has 0 N–H and O–H groups in total. The summed E-state index contributed by atoms with van der Waals surface area (Å²) in [6.45, 7) is 2.47. The largest absolute Gasteiger partial charge is 0.469 e. The van der Waals surface area contributed by atoms with E-state index in [4.69, 9.17) is 16.3 Å². The Balaban J connectivity index is 1.82. The number of methoxy groups -OCH3 is 1. The molecule has 0 spiro atoms. The molecular weight excluding hydrogens is 478 g/mol. The van der Waals surface area contributed by atoms with Crippen LogP contribution in [0.25, 0.3) is 10.9 Å². The van der Waals surface area contributed by atoms with Crippen LogP contribution in [0.2, 0.25) is 5.02 Å². The Morgan fingerprint density at radius 1 is 1.18 bits per heavy atom. The number of fused-ring (bicyclic) bond motifs is 1. The van der Waals surface area contributed by atoms with Crippen molar-refractivity contribution in [2.75, 3.05) is 25.1 Å². The number of esters is 1. The summed E-state index contributed by atoms with van der Waals surface area (Å²) in [5.41, 5.74) is -1.97. The number of benzene rings is 2. The number of carbonyl (C=O) groups is 2. The molecule has 4 rings (SSSR count). The Bertz CT molecular complexity index is 1270. The van der Waals surface area contributed by atoms with Gasteiger partial charge in [0, 0.05) is 13.1 Å². The zero-order chi connectivity index (χ0) is 24.8. The molecule has 1 fully saturated rings. The van der Waals surface area contributed by atoms with Crippen molar-refractivity contribution in [3.05, 3.63) is 58.4 Å². The number of hydrogen-bond donors (Lipinski definition) is 0. The minimum absolute atomic E-state index is 0.000167. The Morgan fingerprint density at radius 3 is 2.53 bits per heavy atom. The molecule has 6 nitrogen and oxygen atoms in total. The van der Waals surface area contributed by atoms with Gasteiger partial charge in [0.2, 0.25) is 0 Å². The van der Waals surface area contributed by atoms with Gasteiger partial charge in [-0.25, -0.2) is 4.39 Å². The number of piperidine rings is 1. The summed E-state index contributed by atoms with van der Waals surface area (Å²) in [6.07, 6.45) is -4.43. The Labute approximate surface area is 197 Å². The average molecular weight is 498 g/mol. The zero-order valence-corrected chi connectivity index (χ0v) is 19.0. The number of halogens is 5. The average Bonchev–Trinajstić information content (AvgIpc) is 3.18. The fraction of sp³-hybridized carbons (Fsp3) is 0.348. The second-order valence-corrected chi connectivity index (χ2v) is 8.58. The number of rotatable bonds is 3. The van der Waals surface area contributed by atoms with Crippen LogP contribution in [0.15, 0.2) is 36.4 Å². The van der Waals surface area contributed by atoms with Gasteiger partial charge in [0.1, 0.15) is 5.82 Å².